The van der Waals surface area contributed by atoms with Gasteiger partial charge in [0.15, 0.2) is 15.7 Å². The van der Waals surface area contributed by atoms with Crippen LogP contribution in [0.15, 0.2) is 10.7 Å². The molecule has 1 aromatic heterocycles. The predicted molar refractivity (Wildman–Crippen MR) is 49.0 cm³/mol. The first-order valence-electron chi connectivity index (χ1n) is 4.04. The molecule has 74 valence electrons. The highest BCUT2D eigenvalue weighted by Gasteiger charge is 2.18. The van der Waals surface area contributed by atoms with Crippen molar-refractivity contribution in [2.45, 2.75) is 31.8 Å². The molecule has 0 radical (unpaired) electrons. The number of aryl methyl sites for hydroxylation is 1. The fraction of sp³-hybridized carbons (Fsp3) is 0.625. The first-order chi connectivity index (χ1) is 5.92. The molecule has 0 amide bonds. The third-order valence-corrected chi connectivity index (χ3v) is 3.87. The van der Waals surface area contributed by atoms with Crippen molar-refractivity contribution in [3.8, 4) is 0 Å². The van der Waals surface area contributed by atoms with Crippen LogP contribution in [-0.4, -0.2) is 18.7 Å². The van der Waals surface area contributed by atoms with Crippen molar-refractivity contribution in [1.29, 1.82) is 0 Å². The molecule has 0 spiro atoms. The van der Waals surface area contributed by atoms with Crippen molar-refractivity contribution in [2.75, 3.05) is 0 Å². The van der Waals surface area contributed by atoms with Gasteiger partial charge in [-0.1, -0.05) is 0 Å². The minimum Gasteiger partial charge on any atom is -0.449 e. The van der Waals surface area contributed by atoms with E-state index in [1.165, 1.54) is 6.26 Å². The van der Waals surface area contributed by atoms with Gasteiger partial charge in [-0.3, -0.25) is 0 Å². The maximum atomic E-state index is 11.4. The summed E-state index contributed by atoms with van der Waals surface area (Å²) in [5.74, 6) is 0.455. The molecule has 0 N–H and O–H groups in total. The van der Waals surface area contributed by atoms with Crippen LogP contribution in [-0.2, 0) is 15.6 Å². The minimum atomic E-state index is -3.06. The van der Waals surface area contributed by atoms with Gasteiger partial charge in [0, 0.05) is 6.92 Å². The quantitative estimate of drug-likeness (QED) is 0.743. The van der Waals surface area contributed by atoms with Crippen LogP contribution < -0.4 is 0 Å². The maximum Gasteiger partial charge on any atom is 0.191 e. The van der Waals surface area contributed by atoms with E-state index < -0.39 is 9.84 Å². The maximum absolute atomic E-state index is 11.4. The van der Waals surface area contributed by atoms with E-state index in [1.807, 2.05) is 0 Å². The fourth-order valence-corrected chi connectivity index (χ4v) is 1.73. The van der Waals surface area contributed by atoms with E-state index in [0.717, 1.165) is 0 Å². The van der Waals surface area contributed by atoms with Gasteiger partial charge in [-0.05, 0) is 13.8 Å². The average molecular weight is 203 g/mol. The normalized spacial score (nSPS) is 12.3. The van der Waals surface area contributed by atoms with Crippen LogP contribution in [0.25, 0.3) is 0 Å². The highest BCUT2D eigenvalue weighted by molar-refractivity contribution is 7.91. The Labute approximate surface area is 77.9 Å². The molecule has 0 aliphatic carbocycles. The summed E-state index contributed by atoms with van der Waals surface area (Å²) in [4.78, 5) is 3.93. The highest BCUT2D eigenvalue weighted by Crippen LogP contribution is 2.10. The van der Waals surface area contributed by atoms with Crippen molar-refractivity contribution >= 4 is 9.84 Å². The molecule has 1 rings (SSSR count). The number of hydrogen-bond donors (Lipinski definition) is 0. The van der Waals surface area contributed by atoms with Crippen LogP contribution in [0.1, 0.15) is 25.4 Å². The zero-order valence-electron chi connectivity index (χ0n) is 7.94. The summed E-state index contributed by atoms with van der Waals surface area (Å²) in [5, 5.41) is -0.371. The van der Waals surface area contributed by atoms with Gasteiger partial charge in [0.1, 0.15) is 6.26 Å². The smallest absolute Gasteiger partial charge is 0.191 e. The fourth-order valence-electron chi connectivity index (χ4n) is 0.847. The van der Waals surface area contributed by atoms with Crippen molar-refractivity contribution < 1.29 is 12.8 Å². The lowest BCUT2D eigenvalue weighted by Gasteiger charge is -2.03. The Hall–Kier alpha value is -0.840. The summed E-state index contributed by atoms with van der Waals surface area (Å²) in [7, 11) is -3.06. The molecule has 0 saturated heterocycles. The van der Waals surface area contributed by atoms with E-state index in [-0.39, 0.29) is 11.0 Å². The third-order valence-electron chi connectivity index (χ3n) is 1.73. The van der Waals surface area contributed by atoms with Crippen LogP contribution in [0.2, 0.25) is 0 Å². The molecule has 1 heterocycles. The van der Waals surface area contributed by atoms with Gasteiger partial charge in [-0.2, -0.15) is 0 Å². The molecular weight excluding hydrogens is 190 g/mol. The molecule has 0 saturated carbocycles. The second kappa shape index (κ2) is 3.49. The summed E-state index contributed by atoms with van der Waals surface area (Å²) in [6.45, 7) is 5.00. The van der Waals surface area contributed by atoms with Crippen LogP contribution in [0.5, 0.6) is 0 Å². The topological polar surface area (TPSA) is 60.2 Å². The van der Waals surface area contributed by atoms with Gasteiger partial charge in [0.2, 0.25) is 0 Å². The number of oxazole rings is 1. The summed E-state index contributed by atoms with van der Waals surface area (Å²) >= 11 is 0. The Morgan fingerprint density at radius 1 is 1.54 bits per heavy atom. The predicted octanol–water partition coefficient (Wildman–Crippen LogP) is 1.31. The number of nitrogens with zero attached hydrogens (tertiary/aromatic N) is 1. The molecule has 5 heteroatoms. The van der Waals surface area contributed by atoms with Crippen molar-refractivity contribution in [2.24, 2.45) is 0 Å². The zero-order chi connectivity index (χ0) is 10.1. The van der Waals surface area contributed by atoms with E-state index in [1.54, 1.807) is 20.8 Å². The number of aromatic nitrogens is 1. The summed E-state index contributed by atoms with van der Waals surface area (Å²) in [5.41, 5.74) is 0.478. The molecule has 0 aliphatic heterocycles. The van der Waals surface area contributed by atoms with Crippen molar-refractivity contribution in [1.82, 2.24) is 4.98 Å². The Kier molecular flexibility index (Phi) is 2.75. The summed E-state index contributed by atoms with van der Waals surface area (Å²) < 4.78 is 27.8. The molecule has 0 atom stereocenters. The Morgan fingerprint density at radius 2 is 2.15 bits per heavy atom. The van der Waals surface area contributed by atoms with Crippen LogP contribution >= 0.6 is 0 Å². The average Bonchev–Trinajstić information content (AvgIpc) is 2.34. The Morgan fingerprint density at radius 3 is 2.54 bits per heavy atom. The zero-order valence-corrected chi connectivity index (χ0v) is 8.76. The number of hydrogen-bond acceptors (Lipinski definition) is 4. The van der Waals surface area contributed by atoms with Gasteiger partial charge in [-0.25, -0.2) is 13.4 Å². The molecule has 0 unspecified atom stereocenters. The lowest BCUT2D eigenvalue weighted by Crippen LogP contribution is -2.16. The summed E-state index contributed by atoms with van der Waals surface area (Å²) in [6, 6.07) is 0. The van der Waals surface area contributed by atoms with Gasteiger partial charge < -0.3 is 4.42 Å². The van der Waals surface area contributed by atoms with Crippen molar-refractivity contribution in [3.63, 3.8) is 0 Å². The van der Waals surface area contributed by atoms with Gasteiger partial charge >= 0.3 is 0 Å². The van der Waals surface area contributed by atoms with E-state index in [4.69, 9.17) is 4.42 Å². The van der Waals surface area contributed by atoms with Crippen LogP contribution in [0.4, 0.5) is 0 Å². The molecular formula is C8H13NO3S. The number of sulfone groups is 1. The molecule has 1 aromatic rings. The lowest BCUT2D eigenvalue weighted by atomic mass is 10.6. The SMILES string of the molecule is Cc1nc(CS(=O)(=O)C(C)C)co1. The van der Waals surface area contributed by atoms with E-state index in [9.17, 15) is 8.42 Å². The second-order valence-electron chi connectivity index (χ2n) is 3.21. The van der Waals surface area contributed by atoms with E-state index in [2.05, 4.69) is 4.98 Å². The van der Waals surface area contributed by atoms with Gasteiger partial charge in [0.25, 0.3) is 0 Å². The lowest BCUT2D eigenvalue weighted by molar-refractivity contribution is 0.520. The van der Waals surface area contributed by atoms with Crippen molar-refractivity contribution in [3.05, 3.63) is 17.8 Å². The van der Waals surface area contributed by atoms with Crippen LogP contribution in [0.3, 0.4) is 0 Å². The Bertz CT molecular complexity index is 378. The standard InChI is InChI=1S/C8H13NO3S/c1-6(2)13(10,11)5-8-4-12-7(3)9-8/h4,6H,5H2,1-3H3. The highest BCUT2D eigenvalue weighted by atomic mass is 32.2. The largest absolute Gasteiger partial charge is 0.449 e. The third kappa shape index (κ3) is 2.55. The first-order valence-corrected chi connectivity index (χ1v) is 5.76. The van der Waals surface area contributed by atoms with Crippen LogP contribution in [0, 0.1) is 6.92 Å². The van der Waals surface area contributed by atoms with Gasteiger partial charge in [-0.15, -0.1) is 0 Å². The number of rotatable bonds is 3. The monoisotopic (exact) mass is 203 g/mol. The molecule has 0 fully saturated rings. The molecule has 0 bridgehead atoms. The molecule has 13 heavy (non-hydrogen) atoms. The molecule has 0 aromatic carbocycles. The minimum absolute atomic E-state index is 0.0397. The molecule has 0 aliphatic rings. The second-order valence-corrected chi connectivity index (χ2v) is 5.77. The van der Waals surface area contributed by atoms with E-state index in [0.29, 0.717) is 11.6 Å². The molecule has 4 nitrogen and oxygen atoms in total. The van der Waals surface area contributed by atoms with E-state index >= 15 is 0 Å². The summed E-state index contributed by atoms with van der Waals surface area (Å²) in [6.07, 6.45) is 1.38. The first kappa shape index (κ1) is 10.2. The Balaban J connectivity index is 2.81. The van der Waals surface area contributed by atoms with Gasteiger partial charge in [0.05, 0.1) is 16.7 Å².